The molecule has 2 rings (SSSR count). The predicted molar refractivity (Wildman–Crippen MR) is 63.4 cm³/mol. The van der Waals surface area contributed by atoms with Gasteiger partial charge >= 0.3 is 0 Å². The topological polar surface area (TPSA) is 51.8 Å². The standard InChI is InChI=1S/C9H8ClN3S2/c10-7-2-1-6(4-11)8(3-7)15-9-13-12-5-14-9/h1-3,5H,4,11H2. The highest BCUT2D eigenvalue weighted by Crippen LogP contribution is 2.32. The van der Waals surface area contributed by atoms with E-state index in [4.69, 9.17) is 17.3 Å². The van der Waals surface area contributed by atoms with Crippen LogP contribution in [0.15, 0.2) is 32.9 Å². The lowest BCUT2D eigenvalue weighted by Gasteiger charge is -2.05. The van der Waals surface area contributed by atoms with Gasteiger partial charge < -0.3 is 5.73 Å². The smallest absolute Gasteiger partial charge is 0.178 e. The van der Waals surface area contributed by atoms with Gasteiger partial charge in [0.15, 0.2) is 4.34 Å². The quantitative estimate of drug-likeness (QED) is 0.919. The van der Waals surface area contributed by atoms with Crippen LogP contribution in [0.25, 0.3) is 0 Å². The molecule has 2 aromatic rings. The lowest BCUT2D eigenvalue weighted by molar-refractivity contribution is 1.00. The second-order valence-corrected chi connectivity index (χ2v) is 5.32. The molecule has 0 radical (unpaired) electrons. The van der Waals surface area contributed by atoms with Crippen molar-refractivity contribution in [2.24, 2.45) is 5.73 Å². The monoisotopic (exact) mass is 257 g/mol. The van der Waals surface area contributed by atoms with Gasteiger partial charge in [0.25, 0.3) is 0 Å². The van der Waals surface area contributed by atoms with Gasteiger partial charge in [-0.1, -0.05) is 40.8 Å². The number of hydrogen-bond acceptors (Lipinski definition) is 5. The van der Waals surface area contributed by atoms with Crippen molar-refractivity contribution in [3.63, 3.8) is 0 Å². The zero-order valence-electron chi connectivity index (χ0n) is 7.68. The highest BCUT2D eigenvalue weighted by atomic mass is 35.5. The summed E-state index contributed by atoms with van der Waals surface area (Å²) in [5, 5.41) is 8.45. The summed E-state index contributed by atoms with van der Waals surface area (Å²) >= 11 is 8.97. The molecular formula is C9H8ClN3S2. The summed E-state index contributed by atoms with van der Waals surface area (Å²) in [6, 6.07) is 5.68. The number of hydrogen-bond donors (Lipinski definition) is 1. The molecule has 0 amide bonds. The van der Waals surface area contributed by atoms with Crippen LogP contribution in [0.2, 0.25) is 5.02 Å². The van der Waals surface area contributed by atoms with Crippen molar-refractivity contribution < 1.29 is 0 Å². The van der Waals surface area contributed by atoms with Gasteiger partial charge in [0.05, 0.1) is 0 Å². The van der Waals surface area contributed by atoms with Gasteiger partial charge in [-0.05, 0) is 17.7 Å². The second-order valence-electron chi connectivity index (χ2n) is 2.76. The van der Waals surface area contributed by atoms with Crippen LogP contribution in [0.4, 0.5) is 0 Å². The Hall–Kier alpha value is -0.620. The molecule has 0 bridgehead atoms. The summed E-state index contributed by atoms with van der Waals surface area (Å²) < 4.78 is 0.895. The van der Waals surface area contributed by atoms with E-state index in [9.17, 15) is 0 Å². The Labute approximate surface area is 101 Å². The molecule has 78 valence electrons. The number of nitrogens with zero attached hydrogens (tertiary/aromatic N) is 2. The van der Waals surface area contributed by atoms with Gasteiger partial charge in [-0.3, -0.25) is 0 Å². The summed E-state index contributed by atoms with van der Waals surface area (Å²) in [4.78, 5) is 1.04. The van der Waals surface area contributed by atoms with Crippen LogP contribution in [-0.2, 0) is 6.54 Å². The maximum absolute atomic E-state index is 5.93. The normalized spacial score (nSPS) is 10.5. The van der Waals surface area contributed by atoms with Crippen molar-refractivity contribution in [3.8, 4) is 0 Å². The Morgan fingerprint density at radius 3 is 3.00 bits per heavy atom. The number of aromatic nitrogens is 2. The molecule has 1 heterocycles. The van der Waals surface area contributed by atoms with Gasteiger partial charge in [0.2, 0.25) is 0 Å². The SMILES string of the molecule is NCc1ccc(Cl)cc1Sc1nncs1. The molecule has 0 aliphatic heterocycles. The summed E-state index contributed by atoms with van der Waals surface area (Å²) in [5.41, 5.74) is 8.41. The van der Waals surface area contributed by atoms with Crippen molar-refractivity contribution in [2.45, 2.75) is 15.8 Å². The van der Waals surface area contributed by atoms with Gasteiger partial charge in [-0.2, -0.15) is 0 Å². The van der Waals surface area contributed by atoms with Crippen LogP contribution in [0.1, 0.15) is 5.56 Å². The van der Waals surface area contributed by atoms with Gasteiger partial charge in [0, 0.05) is 16.5 Å². The summed E-state index contributed by atoms with van der Waals surface area (Å²) in [6.07, 6.45) is 0. The van der Waals surface area contributed by atoms with E-state index in [1.165, 1.54) is 11.3 Å². The number of rotatable bonds is 3. The predicted octanol–water partition coefficient (Wildman–Crippen LogP) is 2.80. The molecule has 0 spiro atoms. The zero-order valence-corrected chi connectivity index (χ0v) is 10.1. The molecule has 0 unspecified atom stereocenters. The minimum absolute atomic E-state index is 0.498. The number of benzene rings is 1. The van der Waals surface area contributed by atoms with Crippen LogP contribution in [0.3, 0.4) is 0 Å². The summed E-state index contributed by atoms with van der Waals surface area (Å²) in [6.45, 7) is 0.498. The molecule has 1 aromatic heterocycles. The molecule has 6 heteroatoms. The third kappa shape index (κ3) is 2.69. The first-order valence-electron chi connectivity index (χ1n) is 4.22. The van der Waals surface area contributed by atoms with E-state index in [2.05, 4.69) is 10.2 Å². The second kappa shape index (κ2) is 4.94. The molecule has 0 saturated carbocycles. The first-order valence-corrected chi connectivity index (χ1v) is 6.29. The number of nitrogens with two attached hydrogens (primary N) is 1. The molecule has 1 aromatic carbocycles. The van der Waals surface area contributed by atoms with Gasteiger partial charge in [0.1, 0.15) is 5.51 Å². The van der Waals surface area contributed by atoms with Crippen molar-refractivity contribution in [2.75, 3.05) is 0 Å². The van der Waals surface area contributed by atoms with Crippen LogP contribution < -0.4 is 5.73 Å². The van der Waals surface area contributed by atoms with Gasteiger partial charge in [-0.15, -0.1) is 10.2 Å². The maximum atomic E-state index is 5.93. The van der Waals surface area contributed by atoms with Crippen LogP contribution in [0.5, 0.6) is 0 Å². The Balaban J connectivity index is 2.30. The molecule has 0 atom stereocenters. The molecule has 0 saturated heterocycles. The van der Waals surface area contributed by atoms with Gasteiger partial charge in [-0.25, -0.2) is 0 Å². The van der Waals surface area contributed by atoms with Crippen molar-refractivity contribution in [1.29, 1.82) is 0 Å². The Bertz CT molecular complexity index is 445. The van der Waals surface area contributed by atoms with Crippen LogP contribution in [0, 0.1) is 0 Å². The van der Waals surface area contributed by atoms with Crippen molar-refractivity contribution >= 4 is 34.7 Å². The molecule has 15 heavy (non-hydrogen) atoms. The van der Waals surface area contributed by atoms with Crippen LogP contribution in [-0.4, -0.2) is 10.2 Å². The minimum atomic E-state index is 0.498. The molecule has 3 nitrogen and oxygen atoms in total. The van der Waals surface area contributed by atoms with Crippen molar-refractivity contribution in [1.82, 2.24) is 10.2 Å². The third-order valence-corrected chi connectivity index (χ3v) is 3.90. The van der Waals surface area contributed by atoms with E-state index in [-0.39, 0.29) is 0 Å². The first kappa shape index (κ1) is 10.9. The maximum Gasteiger partial charge on any atom is 0.178 e. The largest absolute Gasteiger partial charge is 0.326 e. The highest BCUT2D eigenvalue weighted by Gasteiger charge is 2.06. The van der Waals surface area contributed by atoms with E-state index < -0.39 is 0 Å². The fraction of sp³-hybridized carbons (Fsp3) is 0.111. The first-order chi connectivity index (χ1) is 7.29. The lowest BCUT2D eigenvalue weighted by atomic mass is 10.2. The minimum Gasteiger partial charge on any atom is -0.326 e. The molecule has 0 fully saturated rings. The van der Waals surface area contributed by atoms with E-state index in [0.717, 1.165) is 14.8 Å². The van der Waals surface area contributed by atoms with Crippen LogP contribution >= 0.6 is 34.7 Å². The number of halogens is 1. The van der Waals surface area contributed by atoms with E-state index in [0.29, 0.717) is 11.6 Å². The average molecular weight is 258 g/mol. The van der Waals surface area contributed by atoms with E-state index >= 15 is 0 Å². The Morgan fingerprint density at radius 2 is 2.33 bits per heavy atom. The third-order valence-electron chi connectivity index (χ3n) is 1.79. The fourth-order valence-corrected chi connectivity index (χ4v) is 2.94. The fourth-order valence-electron chi connectivity index (χ4n) is 1.09. The molecular weight excluding hydrogens is 250 g/mol. The summed E-state index contributed by atoms with van der Waals surface area (Å²) in [5.74, 6) is 0. The zero-order chi connectivity index (χ0) is 10.7. The van der Waals surface area contributed by atoms with E-state index in [1.54, 1.807) is 17.3 Å². The van der Waals surface area contributed by atoms with Crippen molar-refractivity contribution in [3.05, 3.63) is 34.3 Å². The summed E-state index contributed by atoms with van der Waals surface area (Å²) in [7, 11) is 0. The molecule has 0 aliphatic carbocycles. The Kier molecular flexibility index (Phi) is 3.58. The highest BCUT2D eigenvalue weighted by molar-refractivity contribution is 8.01. The Morgan fingerprint density at radius 1 is 1.47 bits per heavy atom. The van der Waals surface area contributed by atoms with E-state index in [1.807, 2.05) is 18.2 Å². The lowest BCUT2D eigenvalue weighted by Crippen LogP contribution is -1.97. The molecule has 0 aliphatic rings. The average Bonchev–Trinajstić information content (AvgIpc) is 2.71. The molecule has 2 N–H and O–H groups in total.